The maximum atomic E-state index is 12.2. The highest BCUT2D eigenvalue weighted by atomic mass is 16.2. The zero-order valence-electron chi connectivity index (χ0n) is 11.5. The van der Waals surface area contributed by atoms with Crippen molar-refractivity contribution in [3.05, 3.63) is 0 Å². The highest BCUT2D eigenvalue weighted by molar-refractivity contribution is 5.74. The number of nitrogens with one attached hydrogen (secondary N) is 1. The van der Waals surface area contributed by atoms with E-state index in [1.54, 1.807) is 0 Å². The minimum absolute atomic E-state index is 0.205. The molecular weight excluding hydrogens is 214 g/mol. The van der Waals surface area contributed by atoms with Gasteiger partial charge in [-0.15, -0.1) is 0 Å². The van der Waals surface area contributed by atoms with Gasteiger partial charge in [0.2, 0.25) is 0 Å². The van der Waals surface area contributed by atoms with Crippen molar-refractivity contribution < 1.29 is 4.79 Å². The predicted molar refractivity (Wildman–Crippen MR) is 71.2 cm³/mol. The molecule has 1 fully saturated rings. The van der Waals surface area contributed by atoms with E-state index >= 15 is 0 Å². The van der Waals surface area contributed by atoms with Crippen molar-refractivity contribution in [3.8, 4) is 0 Å². The lowest BCUT2D eigenvalue weighted by atomic mass is 9.97. The van der Waals surface area contributed by atoms with Crippen LogP contribution in [0.1, 0.15) is 33.6 Å². The van der Waals surface area contributed by atoms with E-state index in [4.69, 9.17) is 0 Å². The minimum Gasteiger partial charge on any atom is -0.325 e. The Hall–Kier alpha value is -0.770. The minimum atomic E-state index is 0.205. The first-order valence-corrected chi connectivity index (χ1v) is 6.97. The third-order valence-corrected chi connectivity index (χ3v) is 3.62. The largest absolute Gasteiger partial charge is 0.325 e. The second kappa shape index (κ2) is 7.54. The van der Waals surface area contributed by atoms with Gasteiger partial charge in [-0.05, 0) is 52.6 Å². The Morgan fingerprint density at radius 2 is 1.59 bits per heavy atom. The van der Waals surface area contributed by atoms with Gasteiger partial charge in [0.15, 0.2) is 0 Å². The molecule has 4 heteroatoms. The van der Waals surface area contributed by atoms with E-state index in [-0.39, 0.29) is 6.03 Å². The van der Waals surface area contributed by atoms with Gasteiger partial charge >= 0.3 is 6.03 Å². The zero-order chi connectivity index (χ0) is 12.7. The van der Waals surface area contributed by atoms with Crippen LogP contribution in [0.3, 0.4) is 0 Å². The highest BCUT2D eigenvalue weighted by Gasteiger charge is 2.22. The van der Waals surface area contributed by atoms with Gasteiger partial charge in [-0.3, -0.25) is 0 Å². The Balaban J connectivity index is 2.48. The van der Waals surface area contributed by atoms with Crippen LogP contribution in [-0.2, 0) is 0 Å². The summed E-state index contributed by atoms with van der Waals surface area (Å²) < 4.78 is 0. The first-order chi connectivity index (χ1) is 8.22. The monoisotopic (exact) mass is 241 g/mol. The number of nitrogens with zero attached hydrogens (tertiary/aromatic N) is 2. The molecule has 1 heterocycles. The van der Waals surface area contributed by atoms with Gasteiger partial charge < -0.3 is 15.1 Å². The van der Waals surface area contributed by atoms with E-state index in [1.165, 1.54) is 12.8 Å². The lowest BCUT2D eigenvalue weighted by molar-refractivity contribution is 0.146. The van der Waals surface area contributed by atoms with E-state index in [1.807, 2.05) is 23.6 Å². The molecule has 0 aliphatic carbocycles. The third kappa shape index (κ3) is 4.19. The summed E-state index contributed by atoms with van der Waals surface area (Å²) in [6.45, 7) is 11.7. The van der Waals surface area contributed by atoms with Crippen LogP contribution >= 0.6 is 0 Å². The molecule has 100 valence electrons. The van der Waals surface area contributed by atoms with Gasteiger partial charge in [-0.25, -0.2) is 4.79 Å². The summed E-state index contributed by atoms with van der Waals surface area (Å²) >= 11 is 0. The number of piperidine rings is 1. The Morgan fingerprint density at radius 3 is 2.06 bits per heavy atom. The lowest BCUT2D eigenvalue weighted by Gasteiger charge is -2.32. The maximum Gasteiger partial charge on any atom is 0.319 e. The predicted octanol–water partition coefficient (Wildman–Crippen LogP) is 1.77. The number of amides is 2. The van der Waals surface area contributed by atoms with E-state index in [0.29, 0.717) is 5.92 Å². The van der Waals surface area contributed by atoms with Crippen molar-refractivity contribution in [1.82, 2.24) is 15.1 Å². The van der Waals surface area contributed by atoms with Crippen LogP contribution in [-0.4, -0.2) is 55.1 Å². The van der Waals surface area contributed by atoms with Gasteiger partial charge in [0.25, 0.3) is 0 Å². The molecule has 0 radical (unpaired) electrons. The van der Waals surface area contributed by atoms with Gasteiger partial charge in [0.1, 0.15) is 0 Å². The van der Waals surface area contributed by atoms with E-state index in [9.17, 15) is 4.79 Å². The van der Waals surface area contributed by atoms with Crippen molar-refractivity contribution in [3.63, 3.8) is 0 Å². The molecule has 0 aromatic rings. The van der Waals surface area contributed by atoms with Crippen molar-refractivity contribution in [1.29, 1.82) is 0 Å². The summed E-state index contributed by atoms with van der Waals surface area (Å²) in [4.78, 5) is 16.2. The average Bonchev–Trinajstić information content (AvgIpc) is 2.38. The number of rotatable bonds is 5. The topological polar surface area (TPSA) is 35.6 Å². The molecule has 0 saturated carbocycles. The first kappa shape index (κ1) is 14.3. The third-order valence-electron chi connectivity index (χ3n) is 3.62. The molecule has 1 aliphatic rings. The standard InChI is InChI=1S/C13H27N3O/c1-4-15(5-2)13(17)16(6-3)11-12-7-9-14-10-8-12/h12,14H,4-11H2,1-3H3. The molecule has 0 unspecified atom stereocenters. The number of carbonyl (C=O) groups excluding carboxylic acids is 1. The van der Waals surface area contributed by atoms with Gasteiger partial charge in [0.05, 0.1) is 0 Å². The van der Waals surface area contributed by atoms with E-state index in [0.717, 1.165) is 39.3 Å². The summed E-state index contributed by atoms with van der Waals surface area (Å²) in [5.74, 6) is 0.677. The van der Waals surface area contributed by atoms with Crippen molar-refractivity contribution in [2.45, 2.75) is 33.6 Å². The van der Waals surface area contributed by atoms with Crippen LogP contribution in [0.5, 0.6) is 0 Å². The van der Waals surface area contributed by atoms with Crippen LogP contribution in [0.25, 0.3) is 0 Å². The average molecular weight is 241 g/mol. The van der Waals surface area contributed by atoms with Gasteiger partial charge in [-0.2, -0.15) is 0 Å². The SMILES string of the molecule is CCN(CC)C(=O)N(CC)CC1CCNCC1. The fraction of sp³-hybridized carbons (Fsp3) is 0.923. The second-order valence-corrected chi connectivity index (χ2v) is 4.69. The number of urea groups is 1. The summed E-state index contributed by atoms with van der Waals surface area (Å²) in [6, 6.07) is 0.205. The fourth-order valence-corrected chi connectivity index (χ4v) is 2.41. The van der Waals surface area contributed by atoms with E-state index in [2.05, 4.69) is 12.2 Å². The van der Waals surface area contributed by atoms with E-state index < -0.39 is 0 Å². The number of hydrogen-bond donors (Lipinski definition) is 1. The van der Waals surface area contributed by atoms with Gasteiger partial charge in [0, 0.05) is 26.2 Å². The highest BCUT2D eigenvalue weighted by Crippen LogP contribution is 2.14. The Bertz CT molecular complexity index is 223. The fourth-order valence-electron chi connectivity index (χ4n) is 2.41. The molecule has 1 aliphatic heterocycles. The Kier molecular flexibility index (Phi) is 6.34. The van der Waals surface area contributed by atoms with Crippen LogP contribution in [0.4, 0.5) is 4.79 Å². The number of carbonyl (C=O) groups is 1. The molecule has 0 spiro atoms. The Morgan fingerprint density at radius 1 is 1.06 bits per heavy atom. The molecule has 0 aromatic carbocycles. The summed E-state index contributed by atoms with van der Waals surface area (Å²) in [6.07, 6.45) is 2.39. The van der Waals surface area contributed by atoms with Crippen LogP contribution in [0.2, 0.25) is 0 Å². The summed E-state index contributed by atoms with van der Waals surface area (Å²) in [7, 11) is 0. The molecule has 1 saturated heterocycles. The first-order valence-electron chi connectivity index (χ1n) is 6.97. The summed E-state index contributed by atoms with van der Waals surface area (Å²) in [5.41, 5.74) is 0. The van der Waals surface area contributed by atoms with Crippen molar-refractivity contribution in [2.24, 2.45) is 5.92 Å². The quantitative estimate of drug-likeness (QED) is 0.796. The maximum absolute atomic E-state index is 12.2. The Labute approximate surface area is 105 Å². The molecule has 1 rings (SSSR count). The van der Waals surface area contributed by atoms with Crippen molar-refractivity contribution >= 4 is 6.03 Å². The molecule has 17 heavy (non-hydrogen) atoms. The smallest absolute Gasteiger partial charge is 0.319 e. The second-order valence-electron chi connectivity index (χ2n) is 4.69. The molecule has 0 aromatic heterocycles. The summed E-state index contributed by atoms with van der Waals surface area (Å²) in [5, 5.41) is 3.37. The lowest BCUT2D eigenvalue weighted by Crippen LogP contribution is -2.46. The van der Waals surface area contributed by atoms with Crippen molar-refractivity contribution in [2.75, 3.05) is 39.3 Å². The molecule has 0 bridgehead atoms. The molecule has 2 amide bonds. The van der Waals surface area contributed by atoms with Gasteiger partial charge in [-0.1, -0.05) is 0 Å². The van der Waals surface area contributed by atoms with Crippen LogP contribution in [0, 0.1) is 5.92 Å². The molecular formula is C13H27N3O. The normalized spacial score (nSPS) is 16.9. The van der Waals surface area contributed by atoms with Crippen LogP contribution in [0.15, 0.2) is 0 Å². The molecule has 0 atom stereocenters. The molecule has 1 N–H and O–H groups in total. The zero-order valence-corrected chi connectivity index (χ0v) is 11.5. The molecule has 4 nitrogen and oxygen atoms in total. The van der Waals surface area contributed by atoms with Crippen LogP contribution < -0.4 is 5.32 Å². The number of hydrogen-bond acceptors (Lipinski definition) is 2.